The van der Waals surface area contributed by atoms with Crippen LogP contribution in [0.4, 0.5) is 0 Å². The van der Waals surface area contributed by atoms with Crippen molar-refractivity contribution in [2.24, 2.45) is 0 Å². The van der Waals surface area contributed by atoms with Gasteiger partial charge in [0.2, 0.25) is 5.89 Å². The Morgan fingerprint density at radius 1 is 1.06 bits per heavy atom. The van der Waals surface area contributed by atoms with Gasteiger partial charge in [-0.2, -0.15) is 0 Å². The minimum atomic E-state index is -1.30. The molecular formula is C28H38N2O4. The third kappa shape index (κ3) is 6.83. The Labute approximate surface area is 202 Å². The molecule has 1 heterocycles. The number of carboxylic acids is 1. The Morgan fingerprint density at radius 3 is 2.53 bits per heavy atom. The molecule has 2 atom stereocenters. The number of nitrogens with zero attached hydrogens (tertiary/aromatic N) is 1. The zero-order valence-electron chi connectivity index (χ0n) is 20.8. The number of hydrogen-bond donors (Lipinski definition) is 2. The number of ether oxygens (including phenoxy) is 1. The van der Waals surface area contributed by atoms with Crippen LogP contribution in [0.2, 0.25) is 0 Å². The van der Waals surface area contributed by atoms with E-state index < -0.39 is 11.6 Å². The maximum Gasteiger partial charge on any atom is 0.347 e. The zero-order chi connectivity index (χ0) is 24.6. The summed E-state index contributed by atoms with van der Waals surface area (Å²) in [5.41, 5.74) is 1.42. The van der Waals surface area contributed by atoms with Gasteiger partial charge in [-0.1, -0.05) is 70.2 Å². The van der Waals surface area contributed by atoms with Crippen molar-refractivity contribution in [3.63, 3.8) is 0 Å². The first-order valence-electron chi connectivity index (χ1n) is 12.5. The highest BCUT2D eigenvalue weighted by molar-refractivity contribution is 5.76. The number of nitrogens with one attached hydrogen (secondary N) is 1. The van der Waals surface area contributed by atoms with Crippen molar-refractivity contribution in [1.29, 1.82) is 0 Å². The SMILES string of the molecule is CCCCCCCC(NC(CC)c1cccc(OC(C)(C)C(=O)O)c1)c1nc2ccccc2o1. The molecule has 0 spiro atoms. The Hall–Kier alpha value is -2.86. The average Bonchev–Trinajstić information content (AvgIpc) is 3.25. The van der Waals surface area contributed by atoms with E-state index in [0.29, 0.717) is 5.75 Å². The van der Waals surface area contributed by atoms with Crippen LogP contribution in [0.5, 0.6) is 5.75 Å². The third-order valence-electron chi connectivity index (χ3n) is 6.16. The summed E-state index contributed by atoms with van der Waals surface area (Å²) < 4.78 is 11.9. The molecule has 1 aromatic heterocycles. The van der Waals surface area contributed by atoms with Crippen molar-refractivity contribution in [2.75, 3.05) is 0 Å². The third-order valence-corrected chi connectivity index (χ3v) is 6.16. The summed E-state index contributed by atoms with van der Waals surface area (Å²) in [4.78, 5) is 16.3. The van der Waals surface area contributed by atoms with Crippen LogP contribution < -0.4 is 10.1 Å². The van der Waals surface area contributed by atoms with E-state index in [1.165, 1.54) is 25.7 Å². The fourth-order valence-corrected chi connectivity index (χ4v) is 4.09. The first-order valence-corrected chi connectivity index (χ1v) is 12.5. The summed E-state index contributed by atoms with van der Waals surface area (Å²) in [6.07, 6.45) is 7.82. The van der Waals surface area contributed by atoms with E-state index >= 15 is 0 Å². The topological polar surface area (TPSA) is 84.6 Å². The van der Waals surface area contributed by atoms with Gasteiger partial charge in [-0.15, -0.1) is 0 Å². The predicted octanol–water partition coefficient (Wildman–Crippen LogP) is 7.21. The van der Waals surface area contributed by atoms with Gasteiger partial charge in [-0.3, -0.25) is 5.32 Å². The monoisotopic (exact) mass is 466 g/mol. The number of aromatic nitrogens is 1. The van der Waals surface area contributed by atoms with Crippen molar-refractivity contribution in [1.82, 2.24) is 10.3 Å². The van der Waals surface area contributed by atoms with Crippen LogP contribution in [0.15, 0.2) is 52.9 Å². The first kappa shape index (κ1) is 25.8. The van der Waals surface area contributed by atoms with E-state index in [0.717, 1.165) is 41.8 Å². The van der Waals surface area contributed by atoms with Crippen LogP contribution in [0, 0.1) is 0 Å². The summed E-state index contributed by atoms with van der Waals surface area (Å²) in [7, 11) is 0. The molecule has 2 N–H and O–H groups in total. The van der Waals surface area contributed by atoms with Crippen molar-refractivity contribution in [2.45, 2.75) is 90.3 Å². The Bertz CT molecular complexity index is 1030. The highest BCUT2D eigenvalue weighted by atomic mass is 16.5. The highest BCUT2D eigenvalue weighted by Crippen LogP contribution is 2.30. The zero-order valence-corrected chi connectivity index (χ0v) is 20.8. The molecule has 2 unspecified atom stereocenters. The van der Waals surface area contributed by atoms with E-state index in [4.69, 9.17) is 14.1 Å². The van der Waals surface area contributed by atoms with Gasteiger partial charge in [0.15, 0.2) is 11.2 Å². The Morgan fingerprint density at radius 2 is 1.82 bits per heavy atom. The average molecular weight is 467 g/mol. The summed E-state index contributed by atoms with van der Waals surface area (Å²) >= 11 is 0. The van der Waals surface area contributed by atoms with Gasteiger partial charge in [0, 0.05) is 6.04 Å². The quantitative estimate of drug-likeness (QED) is 0.244. The van der Waals surface area contributed by atoms with E-state index in [-0.39, 0.29) is 12.1 Å². The molecular weight excluding hydrogens is 428 g/mol. The maximum absolute atomic E-state index is 11.5. The van der Waals surface area contributed by atoms with Gasteiger partial charge in [0.25, 0.3) is 0 Å². The number of aliphatic carboxylic acids is 1. The maximum atomic E-state index is 11.5. The number of unbranched alkanes of at least 4 members (excludes halogenated alkanes) is 4. The van der Waals surface area contributed by atoms with E-state index in [2.05, 4.69) is 19.2 Å². The molecule has 0 aliphatic rings. The summed E-state index contributed by atoms with van der Waals surface area (Å²) in [5.74, 6) is 0.264. The number of hydrogen-bond acceptors (Lipinski definition) is 5. The molecule has 184 valence electrons. The van der Waals surface area contributed by atoms with E-state index in [1.54, 1.807) is 19.9 Å². The van der Waals surface area contributed by atoms with Crippen molar-refractivity contribution in [3.05, 3.63) is 60.0 Å². The van der Waals surface area contributed by atoms with Crippen LogP contribution in [0.25, 0.3) is 11.1 Å². The molecule has 0 saturated carbocycles. The molecule has 34 heavy (non-hydrogen) atoms. The lowest BCUT2D eigenvalue weighted by molar-refractivity contribution is -0.152. The molecule has 3 aromatic rings. The van der Waals surface area contributed by atoms with Crippen LogP contribution >= 0.6 is 0 Å². The van der Waals surface area contributed by atoms with E-state index in [1.807, 2.05) is 42.5 Å². The molecule has 0 aliphatic heterocycles. The van der Waals surface area contributed by atoms with Crippen molar-refractivity contribution < 1.29 is 19.1 Å². The molecule has 6 nitrogen and oxygen atoms in total. The second kappa shape index (κ2) is 12.0. The number of oxazole rings is 1. The number of rotatable bonds is 14. The number of benzene rings is 2. The van der Waals surface area contributed by atoms with Gasteiger partial charge in [-0.25, -0.2) is 9.78 Å². The lowest BCUT2D eigenvalue weighted by Crippen LogP contribution is -2.37. The largest absolute Gasteiger partial charge is 0.478 e. The molecule has 6 heteroatoms. The summed E-state index contributed by atoms with van der Waals surface area (Å²) in [5, 5.41) is 13.2. The minimum absolute atomic E-state index is 0.0148. The normalized spacial score (nSPS) is 13.6. The van der Waals surface area contributed by atoms with Crippen LogP contribution in [0.3, 0.4) is 0 Å². The smallest absolute Gasteiger partial charge is 0.347 e. The Balaban J connectivity index is 1.80. The molecule has 2 aromatic carbocycles. The molecule has 0 amide bonds. The lowest BCUT2D eigenvalue weighted by atomic mass is 10.0. The number of carboxylic acid groups (broad SMARTS) is 1. The van der Waals surface area contributed by atoms with Gasteiger partial charge < -0.3 is 14.3 Å². The summed E-state index contributed by atoms with van der Waals surface area (Å²) in [6, 6.07) is 15.6. The van der Waals surface area contributed by atoms with Gasteiger partial charge >= 0.3 is 5.97 Å². The molecule has 0 radical (unpaired) electrons. The molecule has 0 saturated heterocycles. The van der Waals surface area contributed by atoms with Gasteiger partial charge in [0.05, 0.1) is 6.04 Å². The minimum Gasteiger partial charge on any atom is -0.478 e. The number of fused-ring (bicyclic) bond motifs is 1. The Kier molecular flexibility index (Phi) is 9.11. The second-order valence-electron chi connectivity index (χ2n) is 9.39. The number of carbonyl (C=O) groups is 1. The molecule has 0 aliphatic carbocycles. The van der Waals surface area contributed by atoms with Crippen LogP contribution in [-0.4, -0.2) is 21.7 Å². The van der Waals surface area contributed by atoms with Gasteiger partial charge in [0.1, 0.15) is 11.3 Å². The second-order valence-corrected chi connectivity index (χ2v) is 9.39. The number of para-hydroxylation sites is 2. The van der Waals surface area contributed by atoms with Crippen molar-refractivity contribution >= 4 is 17.1 Å². The predicted molar refractivity (Wildman–Crippen MR) is 135 cm³/mol. The summed E-state index contributed by atoms with van der Waals surface area (Å²) in [6.45, 7) is 7.47. The molecule has 0 fully saturated rings. The highest BCUT2D eigenvalue weighted by Gasteiger charge is 2.30. The van der Waals surface area contributed by atoms with Crippen molar-refractivity contribution in [3.8, 4) is 5.75 Å². The van der Waals surface area contributed by atoms with E-state index in [9.17, 15) is 9.90 Å². The van der Waals surface area contributed by atoms with Crippen LogP contribution in [-0.2, 0) is 4.79 Å². The molecule has 3 rings (SSSR count). The lowest BCUT2D eigenvalue weighted by Gasteiger charge is -2.25. The first-order chi connectivity index (χ1) is 16.3. The van der Waals surface area contributed by atoms with Gasteiger partial charge in [-0.05, 0) is 56.5 Å². The fraction of sp³-hybridized carbons (Fsp3) is 0.500. The standard InChI is InChI=1S/C28H38N2O4/c1-5-7-8-9-10-17-24(26-30-23-16-11-12-18-25(23)33-26)29-22(6-2)20-14-13-15-21(19-20)34-28(3,4)27(31)32/h11-16,18-19,22,24,29H,5-10,17H2,1-4H3,(H,31,32). The van der Waals surface area contributed by atoms with Crippen LogP contribution in [0.1, 0.15) is 96.2 Å². The fourth-order valence-electron chi connectivity index (χ4n) is 4.09. The molecule has 0 bridgehead atoms.